The van der Waals surface area contributed by atoms with Gasteiger partial charge in [-0.1, -0.05) is 0 Å². The third kappa shape index (κ3) is 8.82. The Morgan fingerprint density at radius 1 is 1.06 bits per heavy atom. The number of aliphatic hydroxyl groups excluding tert-OH is 3. The molecule has 0 radical (unpaired) electrons. The molecule has 0 aromatic rings. The fraction of sp³-hybridized carbons (Fsp3) is 1.00. The Bertz CT molecular complexity index is 245. The summed E-state index contributed by atoms with van der Waals surface area (Å²) in [5.74, 6) is -0.547. The van der Waals surface area contributed by atoms with E-state index in [1.54, 1.807) is 0 Å². The van der Waals surface area contributed by atoms with Gasteiger partial charge >= 0.3 is 29.6 Å². The fourth-order valence-corrected chi connectivity index (χ4v) is 1.12. The fourth-order valence-electron chi connectivity index (χ4n) is 0.763. The van der Waals surface area contributed by atoms with Gasteiger partial charge in [-0.3, -0.25) is 4.55 Å². The van der Waals surface area contributed by atoms with Crippen LogP contribution >= 0.6 is 0 Å². The van der Waals surface area contributed by atoms with Crippen LogP contribution in [0.1, 0.15) is 0 Å². The molecule has 0 aromatic heterocycles. The average molecular weight is 269 g/mol. The molecule has 0 aliphatic rings. The Hall–Kier alpha value is 0.710. The van der Waals surface area contributed by atoms with E-state index in [0.29, 0.717) is 0 Å². The molecule has 0 aliphatic carbocycles. The largest absolute Gasteiger partial charge is 1.00 e. The smallest absolute Gasteiger partial charge is 0.870 e. The summed E-state index contributed by atoms with van der Waals surface area (Å²) >= 11 is 0. The standard InChI is InChI=1S/C6H15NO6S.Na.H2O/c8-3-6(4-9,5-10)7-1-2-14(11,12)13;;/h7-10H,1-5H2,(H,11,12,13);;1H2/q;+1;/p-1. The van der Waals surface area contributed by atoms with Gasteiger partial charge in [0, 0.05) is 6.54 Å². The molecule has 0 aliphatic heterocycles. The van der Waals surface area contributed by atoms with E-state index in [-0.39, 0.29) is 41.6 Å². The minimum Gasteiger partial charge on any atom is -0.870 e. The Balaban J connectivity index is -0.000000845. The number of hydrogen-bond acceptors (Lipinski definition) is 7. The van der Waals surface area contributed by atoms with Crippen molar-refractivity contribution >= 4 is 10.1 Å². The van der Waals surface area contributed by atoms with E-state index in [0.717, 1.165) is 0 Å². The van der Waals surface area contributed by atoms with Gasteiger partial charge in [-0.05, 0) is 0 Å². The summed E-state index contributed by atoms with van der Waals surface area (Å²) in [6.07, 6.45) is 0. The minimum atomic E-state index is -4.08. The molecule has 0 atom stereocenters. The number of aliphatic hydroxyl groups is 3. The van der Waals surface area contributed by atoms with Crippen molar-refractivity contribution in [3.05, 3.63) is 0 Å². The maximum absolute atomic E-state index is 10.3. The third-order valence-electron chi connectivity index (χ3n) is 1.77. The first kappa shape index (κ1) is 21.9. The molecule has 16 heavy (non-hydrogen) atoms. The summed E-state index contributed by atoms with van der Waals surface area (Å²) in [4.78, 5) is 0. The second-order valence-corrected chi connectivity index (χ2v) is 4.54. The maximum atomic E-state index is 10.3. The van der Waals surface area contributed by atoms with Crippen molar-refractivity contribution in [3.63, 3.8) is 0 Å². The predicted molar refractivity (Wildman–Crippen MR) is 50.3 cm³/mol. The molecule has 0 saturated heterocycles. The van der Waals surface area contributed by atoms with Gasteiger partial charge in [-0.25, -0.2) is 0 Å². The summed E-state index contributed by atoms with van der Waals surface area (Å²) in [5.41, 5.74) is -1.31. The van der Waals surface area contributed by atoms with E-state index in [9.17, 15) is 8.42 Å². The van der Waals surface area contributed by atoms with Crippen LogP contribution in [-0.2, 0) is 10.1 Å². The summed E-state index contributed by atoms with van der Waals surface area (Å²) in [6, 6.07) is 0. The molecule has 0 bridgehead atoms. The van der Waals surface area contributed by atoms with Crippen LogP contribution in [0.3, 0.4) is 0 Å². The normalized spacial score (nSPS) is 11.5. The van der Waals surface area contributed by atoms with E-state index in [2.05, 4.69) is 5.32 Å². The zero-order valence-corrected chi connectivity index (χ0v) is 11.8. The van der Waals surface area contributed by atoms with Crippen LogP contribution in [0.4, 0.5) is 0 Å². The monoisotopic (exact) mass is 269 g/mol. The SMILES string of the molecule is O=S(=O)(O)CCNC(CO)(CO)CO.[Na+].[OH-]. The summed E-state index contributed by atoms with van der Waals surface area (Å²) in [7, 11) is -4.08. The van der Waals surface area contributed by atoms with Gasteiger partial charge in [-0.2, -0.15) is 8.42 Å². The minimum absolute atomic E-state index is 0. The molecule has 0 heterocycles. The molecule has 0 aromatic carbocycles. The molecule has 6 N–H and O–H groups in total. The van der Waals surface area contributed by atoms with E-state index in [1.807, 2.05) is 0 Å². The Kier molecular flexibility index (Phi) is 13.3. The van der Waals surface area contributed by atoms with Crippen molar-refractivity contribution in [1.29, 1.82) is 0 Å². The van der Waals surface area contributed by atoms with Crippen molar-refractivity contribution in [2.24, 2.45) is 0 Å². The topological polar surface area (TPSA) is 157 Å². The van der Waals surface area contributed by atoms with Crippen molar-refractivity contribution in [2.45, 2.75) is 5.54 Å². The van der Waals surface area contributed by atoms with Gasteiger partial charge in [0.25, 0.3) is 10.1 Å². The second-order valence-electron chi connectivity index (χ2n) is 2.97. The van der Waals surface area contributed by atoms with Gasteiger partial charge in [0.15, 0.2) is 0 Å². The first-order chi connectivity index (χ1) is 6.39. The van der Waals surface area contributed by atoms with Crippen LogP contribution < -0.4 is 34.9 Å². The zero-order valence-electron chi connectivity index (χ0n) is 9.00. The molecule has 0 fully saturated rings. The molecule has 10 heteroatoms. The molecule has 0 unspecified atom stereocenters. The van der Waals surface area contributed by atoms with Gasteiger partial charge in [0.1, 0.15) is 0 Å². The second kappa shape index (κ2) is 9.71. The van der Waals surface area contributed by atoms with E-state index in [4.69, 9.17) is 19.9 Å². The number of rotatable bonds is 7. The molecule has 0 spiro atoms. The van der Waals surface area contributed by atoms with E-state index in [1.165, 1.54) is 0 Å². The van der Waals surface area contributed by atoms with Gasteiger partial charge in [0.05, 0.1) is 31.1 Å². The van der Waals surface area contributed by atoms with E-state index >= 15 is 0 Å². The quantitative estimate of drug-likeness (QED) is 0.226. The average Bonchev–Trinajstić information content (AvgIpc) is 2.11. The van der Waals surface area contributed by atoms with Crippen molar-refractivity contribution < 1.29 is 63.3 Å². The van der Waals surface area contributed by atoms with Crippen LogP contribution in [0.25, 0.3) is 0 Å². The molecular formula is C6H16NNaO7S. The molecule has 8 nitrogen and oxygen atoms in total. The molecular weight excluding hydrogens is 253 g/mol. The first-order valence-electron chi connectivity index (χ1n) is 3.92. The van der Waals surface area contributed by atoms with Crippen LogP contribution in [-0.4, -0.2) is 71.4 Å². The van der Waals surface area contributed by atoms with Gasteiger partial charge in [0.2, 0.25) is 0 Å². The van der Waals surface area contributed by atoms with Crippen LogP contribution in [0.5, 0.6) is 0 Å². The summed E-state index contributed by atoms with van der Waals surface area (Å²) in [6.45, 7) is -1.77. The van der Waals surface area contributed by atoms with Crippen molar-refractivity contribution in [1.82, 2.24) is 5.32 Å². The van der Waals surface area contributed by atoms with Crippen LogP contribution in [0.15, 0.2) is 0 Å². The van der Waals surface area contributed by atoms with Crippen molar-refractivity contribution in [3.8, 4) is 0 Å². The summed E-state index contributed by atoms with van der Waals surface area (Å²) in [5, 5.41) is 28.9. The Morgan fingerprint density at radius 2 is 1.44 bits per heavy atom. The zero-order chi connectivity index (χ0) is 11.2. The third-order valence-corrected chi connectivity index (χ3v) is 2.49. The molecule has 94 valence electrons. The van der Waals surface area contributed by atoms with Crippen LogP contribution in [0, 0.1) is 0 Å². The molecule has 0 amide bonds. The molecule has 0 rings (SSSR count). The van der Waals surface area contributed by atoms with Crippen LogP contribution in [0.2, 0.25) is 0 Å². The van der Waals surface area contributed by atoms with E-state index < -0.39 is 41.2 Å². The van der Waals surface area contributed by atoms with Crippen molar-refractivity contribution in [2.75, 3.05) is 32.1 Å². The Morgan fingerprint density at radius 3 is 1.69 bits per heavy atom. The van der Waals surface area contributed by atoms with Gasteiger partial charge in [-0.15, -0.1) is 0 Å². The Labute approximate surface area is 116 Å². The maximum Gasteiger partial charge on any atom is 1.00 e. The number of hydrogen-bond donors (Lipinski definition) is 5. The first-order valence-corrected chi connectivity index (χ1v) is 5.53. The predicted octanol–water partition coefficient (Wildman–Crippen LogP) is -5.99. The molecule has 0 saturated carbocycles. The summed E-state index contributed by atoms with van der Waals surface area (Å²) < 4.78 is 29.0. The number of nitrogens with one attached hydrogen (secondary N) is 1. The van der Waals surface area contributed by atoms with Gasteiger partial charge < -0.3 is 26.1 Å².